The van der Waals surface area contributed by atoms with Crippen LogP contribution in [0.4, 0.5) is 9.93 Å². The number of thiazole rings is 1. The zero-order valence-corrected chi connectivity index (χ0v) is 19.7. The Morgan fingerprint density at radius 2 is 1.94 bits per heavy atom. The molecule has 1 fully saturated rings. The van der Waals surface area contributed by atoms with Crippen LogP contribution in [0.2, 0.25) is 4.34 Å². The standard InChI is InChI=1S/C23H17ClN4O3S2/c1-23(15-7-6-13-4-2-3-5-14(13)10-15)20(30)28(22(31)27-23)11-19(29)26-21-25-16(12-32-21)17-8-9-18(24)33-17/h2-10,12H,11H2,1H3,(H,27,31)(H,25,26,29). The molecule has 0 bridgehead atoms. The summed E-state index contributed by atoms with van der Waals surface area (Å²) in [5.74, 6) is -0.989. The summed E-state index contributed by atoms with van der Waals surface area (Å²) in [6.45, 7) is 1.24. The van der Waals surface area contributed by atoms with Crippen LogP contribution in [0.5, 0.6) is 0 Å². The van der Waals surface area contributed by atoms with E-state index in [-0.39, 0.29) is 0 Å². The SMILES string of the molecule is CC1(c2ccc3ccccc3c2)NC(=O)N(CC(=O)Nc2nc(-c3ccc(Cl)s3)cs2)C1=O. The Morgan fingerprint density at radius 3 is 2.70 bits per heavy atom. The van der Waals surface area contributed by atoms with Gasteiger partial charge in [0.25, 0.3) is 5.91 Å². The summed E-state index contributed by atoms with van der Waals surface area (Å²) in [6, 6.07) is 16.4. The first kappa shape index (κ1) is 21.6. The summed E-state index contributed by atoms with van der Waals surface area (Å²) >= 11 is 8.61. The highest BCUT2D eigenvalue weighted by molar-refractivity contribution is 7.20. The van der Waals surface area contributed by atoms with Crippen LogP contribution in [-0.2, 0) is 15.1 Å². The van der Waals surface area contributed by atoms with Crippen molar-refractivity contribution in [1.82, 2.24) is 15.2 Å². The Labute approximate surface area is 202 Å². The average molecular weight is 497 g/mol. The molecule has 1 saturated heterocycles. The number of aromatic nitrogens is 1. The van der Waals surface area contributed by atoms with Crippen molar-refractivity contribution in [3.8, 4) is 10.6 Å². The van der Waals surface area contributed by atoms with E-state index >= 15 is 0 Å². The molecule has 3 heterocycles. The number of nitrogens with one attached hydrogen (secondary N) is 2. The van der Waals surface area contributed by atoms with Gasteiger partial charge in [-0.15, -0.1) is 22.7 Å². The van der Waals surface area contributed by atoms with Gasteiger partial charge in [-0.1, -0.05) is 48.0 Å². The fraction of sp³-hybridized carbons (Fsp3) is 0.130. The first-order valence-corrected chi connectivity index (χ1v) is 12.1. The molecule has 1 atom stereocenters. The lowest BCUT2D eigenvalue weighted by molar-refractivity contribution is -0.133. The van der Waals surface area contributed by atoms with E-state index in [1.807, 2.05) is 53.9 Å². The maximum Gasteiger partial charge on any atom is 0.325 e. The molecule has 33 heavy (non-hydrogen) atoms. The second-order valence-electron chi connectivity index (χ2n) is 7.70. The van der Waals surface area contributed by atoms with Gasteiger partial charge in [0.05, 0.1) is 14.9 Å². The molecular formula is C23H17ClN4O3S2. The van der Waals surface area contributed by atoms with Crippen LogP contribution in [0.3, 0.4) is 0 Å². The predicted octanol–water partition coefficient (Wildman–Crippen LogP) is 5.08. The Hall–Kier alpha value is -3.27. The molecule has 0 saturated carbocycles. The third kappa shape index (κ3) is 3.99. The van der Waals surface area contributed by atoms with Gasteiger partial charge in [0, 0.05) is 5.38 Å². The van der Waals surface area contributed by atoms with Gasteiger partial charge in [-0.3, -0.25) is 14.5 Å². The number of hydrogen-bond acceptors (Lipinski definition) is 6. The minimum atomic E-state index is -1.26. The first-order valence-electron chi connectivity index (χ1n) is 9.98. The van der Waals surface area contributed by atoms with E-state index in [1.54, 1.807) is 13.0 Å². The van der Waals surface area contributed by atoms with Gasteiger partial charge < -0.3 is 10.6 Å². The van der Waals surface area contributed by atoms with Crippen molar-refractivity contribution in [1.29, 1.82) is 0 Å². The van der Waals surface area contributed by atoms with Gasteiger partial charge in [0.1, 0.15) is 12.1 Å². The Balaban J connectivity index is 1.30. The van der Waals surface area contributed by atoms with Crippen LogP contribution >= 0.6 is 34.3 Å². The van der Waals surface area contributed by atoms with Crippen LogP contribution < -0.4 is 10.6 Å². The van der Waals surface area contributed by atoms with Crippen LogP contribution in [0.1, 0.15) is 12.5 Å². The van der Waals surface area contributed by atoms with Gasteiger partial charge in [0.2, 0.25) is 5.91 Å². The number of thiophene rings is 1. The minimum absolute atomic E-state index is 0.379. The molecule has 5 rings (SSSR count). The predicted molar refractivity (Wildman–Crippen MR) is 131 cm³/mol. The van der Waals surface area contributed by atoms with E-state index in [4.69, 9.17) is 11.6 Å². The summed E-state index contributed by atoms with van der Waals surface area (Å²) in [4.78, 5) is 44.6. The molecule has 0 spiro atoms. The van der Waals surface area contributed by atoms with Crippen LogP contribution in [0, 0.1) is 0 Å². The number of halogens is 1. The number of hydrogen-bond donors (Lipinski definition) is 2. The quantitative estimate of drug-likeness (QED) is 0.377. The van der Waals surface area contributed by atoms with Crippen LogP contribution in [0.25, 0.3) is 21.3 Å². The van der Waals surface area contributed by atoms with E-state index in [9.17, 15) is 14.4 Å². The van der Waals surface area contributed by atoms with Crippen LogP contribution in [0.15, 0.2) is 60.0 Å². The van der Waals surface area contributed by atoms with Gasteiger partial charge in [0.15, 0.2) is 5.13 Å². The molecule has 2 aromatic carbocycles. The number of fused-ring (bicyclic) bond motifs is 1. The highest BCUT2D eigenvalue weighted by atomic mass is 35.5. The third-order valence-electron chi connectivity index (χ3n) is 5.48. The smallest absolute Gasteiger partial charge is 0.319 e. The van der Waals surface area contributed by atoms with E-state index in [0.29, 0.717) is 20.7 Å². The molecule has 2 N–H and O–H groups in total. The third-order valence-corrected chi connectivity index (χ3v) is 7.49. The number of carbonyl (C=O) groups excluding carboxylic acids is 3. The zero-order chi connectivity index (χ0) is 23.2. The monoisotopic (exact) mass is 496 g/mol. The van der Waals surface area contributed by atoms with Gasteiger partial charge in [-0.2, -0.15) is 0 Å². The summed E-state index contributed by atoms with van der Waals surface area (Å²) in [7, 11) is 0. The van der Waals surface area contributed by atoms with Crippen molar-refractivity contribution in [3.63, 3.8) is 0 Å². The largest absolute Gasteiger partial charge is 0.325 e. The van der Waals surface area contributed by atoms with Gasteiger partial charge >= 0.3 is 6.03 Å². The van der Waals surface area contributed by atoms with Crippen molar-refractivity contribution in [2.75, 3.05) is 11.9 Å². The molecule has 0 radical (unpaired) electrons. The average Bonchev–Trinajstić information content (AvgIpc) is 3.49. The fourth-order valence-corrected chi connectivity index (χ4v) is 5.54. The second-order valence-corrected chi connectivity index (χ2v) is 10.3. The van der Waals surface area contributed by atoms with Crippen molar-refractivity contribution >= 4 is 68.0 Å². The van der Waals surface area contributed by atoms with Crippen molar-refractivity contribution in [3.05, 3.63) is 69.9 Å². The lowest BCUT2D eigenvalue weighted by atomic mass is 9.90. The number of amides is 4. The molecule has 1 aliphatic rings. The number of benzene rings is 2. The first-order chi connectivity index (χ1) is 15.8. The van der Waals surface area contributed by atoms with Gasteiger partial charge in [-0.25, -0.2) is 9.78 Å². The summed E-state index contributed by atoms with van der Waals surface area (Å²) in [5, 5.41) is 9.58. The van der Waals surface area contributed by atoms with Crippen molar-refractivity contribution < 1.29 is 14.4 Å². The van der Waals surface area contributed by atoms with E-state index < -0.39 is 29.9 Å². The summed E-state index contributed by atoms with van der Waals surface area (Å²) in [6.07, 6.45) is 0. The molecule has 4 aromatic rings. The number of anilines is 1. The normalized spacial score (nSPS) is 18.1. The fourth-order valence-electron chi connectivity index (χ4n) is 3.74. The number of imide groups is 1. The Kier molecular flexibility index (Phi) is 5.40. The summed E-state index contributed by atoms with van der Waals surface area (Å²) < 4.78 is 0.650. The van der Waals surface area contributed by atoms with Crippen molar-refractivity contribution in [2.24, 2.45) is 0 Å². The maximum absolute atomic E-state index is 13.2. The Bertz CT molecular complexity index is 1420. The minimum Gasteiger partial charge on any atom is -0.319 e. The molecule has 4 amide bonds. The van der Waals surface area contributed by atoms with E-state index in [1.165, 1.54) is 22.7 Å². The maximum atomic E-state index is 13.2. The number of rotatable bonds is 5. The lowest BCUT2D eigenvalue weighted by Gasteiger charge is -2.22. The Morgan fingerprint density at radius 1 is 1.15 bits per heavy atom. The number of nitrogens with zero attached hydrogens (tertiary/aromatic N) is 2. The summed E-state index contributed by atoms with van der Waals surface area (Å²) in [5.41, 5.74) is 0.0986. The molecule has 7 nitrogen and oxygen atoms in total. The molecule has 0 aliphatic carbocycles. The highest BCUT2D eigenvalue weighted by Gasteiger charge is 2.49. The zero-order valence-electron chi connectivity index (χ0n) is 17.3. The van der Waals surface area contributed by atoms with E-state index in [0.717, 1.165) is 20.5 Å². The van der Waals surface area contributed by atoms with Crippen LogP contribution in [-0.4, -0.2) is 34.3 Å². The molecular weight excluding hydrogens is 480 g/mol. The topological polar surface area (TPSA) is 91.4 Å². The molecule has 1 aliphatic heterocycles. The molecule has 2 aromatic heterocycles. The van der Waals surface area contributed by atoms with Gasteiger partial charge in [-0.05, 0) is 41.5 Å². The number of carbonyl (C=O) groups is 3. The van der Waals surface area contributed by atoms with Crippen molar-refractivity contribution in [2.45, 2.75) is 12.5 Å². The highest BCUT2D eigenvalue weighted by Crippen LogP contribution is 2.33. The van der Waals surface area contributed by atoms with E-state index in [2.05, 4.69) is 15.6 Å². The molecule has 10 heteroatoms. The molecule has 166 valence electrons. The lowest BCUT2D eigenvalue weighted by Crippen LogP contribution is -2.42. The second kappa shape index (κ2) is 8.26. The number of urea groups is 1. The molecule has 1 unspecified atom stereocenters.